The number of aliphatic imine (C=N–C) groups is 1. The molecule has 0 saturated carbocycles. The number of carboxylic acid groups (broad SMARTS) is 1. The topological polar surface area (TPSA) is 124 Å². The number of guanidine groups is 1. The first-order chi connectivity index (χ1) is 15.5. The van der Waals surface area contributed by atoms with Crippen molar-refractivity contribution >= 4 is 23.9 Å². The van der Waals surface area contributed by atoms with E-state index in [2.05, 4.69) is 15.6 Å². The second kappa shape index (κ2) is 9.88. The van der Waals surface area contributed by atoms with E-state index in [1.807, 2.05) is 18.2 Å². The molecule has 1 saturated heterocycles. The van der Waals surface area contributed by atoms with Crippen LogP contribution >= 0.6 is 0 Å². The predicted molar refractivity (Wildman–Crippen MR) is 117 cm³/mol. The fourth-order valence-electron chi connectivity index (χ4n) is 4.30. The second-order valence-electron chi connectivity index (χ2n) is 8.20. The van der Waals surface area contributed by atoms with Crippen LogP contribution in [0.15, 0.2) is 23.2 Å². The summed E-state index contributed by atoms with van der Waals surface area (Å²) < 4.78 is 5.62. The monoisotopic (exact) mass is 443 g/mol. The molecule has 0 aromatic heterocycles. The van der Waals surface area contributed by atoms with E-state index in [-0.39, 0.29) is 24.8 Å². The zero-order chi connectivity index (χ0) is 22.5. The zero-order valence-electron chi connectivity index (χ0n) is 18.0. The minimum Gasteiger partial charge on any atom is -0.493 e. The Balaban J connectivity index is 1.33. The van der Waals surface area contributed by atoms with Crippen molar-refractivity contribution in [3.05, 3.63) is 29.3 Å². The molecule has 10 heteroatoms. The van der Waals surface area contributed by atoms with Gasteiger partial charge in [-0.1, -0.05) is 12.1 Å². The first-order valence-electron chi connectivity index (χ1n) is 11.1. The third kappa shape index (κ3) is 5.12. The van der Waals surface area contributed by atoms with Crippen LogP contribution in [0, 0.1) is 0 Å². The molecule has 3 aliphatic heterocycles. The lowest BCUT2D eigenvalue weighted by Gasteiger charge is -2.27. The van der Waals surface area contributed by atoms with Gasteiger partial charge in [-0.25, -0.2) is 4.79 Å². The molecule has 1 aromatic carbocycles. The standard InChI is InChI=1S/C22H29N5O5/c28-19(25-21-23-7-2-8-24-21)3-1-9-26-10-11-27(22(26)31)17(14-20(29)30)16-5-4-15-6-12-32-18(15)13-16/h4-5,13,17H,1-3,6-12,14H2,(H,29,30)(H2,23,24,25,28)/t17-/m1/s1. The zero-order valence-corrected chi connectivity index (χ0v) is 18.0. The van der Waals surface area contributed by atoms with E-state index in [1.165, 1.54) is 0 Å². The highest BCUT2D eigenvalue weighted by Gasteiger charge is 2.35. The highest BCUT2D eigenvalue weighted by atomic mass is 16.5. The normalized spacial score (nSPS) is 18.5. The van der Waals surface area contributed by atoms with Crippen molar-refractivity contribution < 1.29 is 24.2 Å². The number of aliphatic carboxylic acids is 1. The average molecular weight is 444 g/mol. The summed E-state index contributed by atoms with van der Waals surface area (Å²) in [7, 11) is 0. The molecule has 3 aliphatic rings. The van der Waals surface area contributed by atoms with E-state index in [0.717, 1.165) is 36.3 Å². The predicted octanol–water partition coefficient (Wildman–Crippen LogP) is 1.12. The maximum atomic E-state index is 13.0. The number of hydrogen-bond acceptors (Lipinski definition) is 6. The largest absolute Gasteiger partial charge is 0.493 e. The van der Waals surface area contributed by atoms with Gasteiger partial charge in [0.15, 0.2) is 5.96 Å². The number of nitrogens with zero attached hydrogens (tertiary/aromatic N) is 3. The minimum absolute atomic E-state index is 0.136. The maximum Gasteiger partial charge on any atom is 0.320 e. The van der Waals surface area contributed by atoms with Crippen molar-refractivity contribution in [2.45, 2.75) is 38.1 Å². The first kappa shape index (κ1) is 21.9. The summed E-state index contributed by atoms with van der Waals surface area (Å²) in [5, 5.41) is 15.2. The summed E-state index contributed by atoms with van der Waals surface area (Å²) in [5.41, 5.74) is 1.87. The van der Waals surface area contributed by atoms with Crippen LogP contribution in [0.25, 0.3) is 0 Å². The van der Waals surface area contributed by atoms with Crippen LogP contribution < -0.4 is 15.4 Å². The van der Waals surface area contributed by atoms with E-state index in [4.69, 9.17) is 4.74 Å². The van der Waals surface area contributed by atoms with Crippen molar-refractivity contribution in [3.63, 3.8) is 0 Å². The van der Waals surface area contributed by atoms with E-state index < -0.39 is 12.0 Å². The van der Waals surface area contributed by atoms with Gasteiger partial charge in [-0.05, 0) is 30.0 Å². The number of benzene rings is 1. The van der Waals surface area contributed by atoms with E-state index in [0.29, 0.717) is 45.2 Å². The van der Waals surface area contributed by atoms with Gasteiger partial charge in [0, 0.05) is 45.6 Å². The number of hydrogen-bond donors (Lipinski definition) is 3. The molecule has 0 unspecified atom stereocenters. The van der Waals surface area contributed by atoms with Gasteiger partial charge in [0.2, 0.25) is 5.91 Å². The Morgan fingerprint density at radius 2 is 2.19 bits per heavy atom. The molecule has 0 radical (unpaired) electrons. The summed E-state index contributed by atoms with van der Waals surface area (Å²) in [6, 6.07) is 4.95. The Labute approximate surface area is 186 Å². The van der Waals surface area contributed by atoms with E-state index in [1.54, 1.807) is 9.80 Å². The summed E-state index contributed by atoms with van der Waals surface area (Å²) in [5.74, 6) is 0.186. The summed E-state index contributed by atoms with van der Waals surface area (Å²) in [6.07, 6.45) is 2.43. The number of carbonyl (C=O) groups is 3. The lowest BCUT2D eigenvalue weighted by molar-refractivity contribution is -0.138. The summed E-state index contributed by atoms with van der Waals surface area (Å²) >= 11 is 0. The molecule has 0 bridgehead atoms. The molecule has 3 amide bonds. The van der Waals surface area contributed by atoms with Gasteiger partial charge in [-0.2, -0.15) is 0 Å². The van der Waals surface area contributed by atoms with Gasteiger partial charge in [0.25, 0.3) is 0 Å². The van der Waals surface area contributed by atoms with Crippen LogP contribution in [0.4, 0.5) is 4.79 Å². The molecule has 172 valence electrons. The van der Waals surface area contributed by atoms with Gasteiger partial charge in [-0.3, -0.25) is 19.9 Å². The lowest BCUT2D eigenvalue weighted by Crippen LogP contribution is -2.43. The van der Waals surface area contributed by atoms with Gasteiger partial charge in [0.05, 0.1) is 19.1 Å². The van der Waals surface area contributed by atoms with E-state index in [9.17, 15) is 19.5 Å². The third-order valence-electron chi connectivity index (χ3n) is 5.96. The van der Waals surface area contributed by atoms with E-state index >= 15 is 0 Å². The van der Waals surface area contributed by atoms with Crippen LogP contribution in [0.3, 0.4) is 0 Å². The Morgan fingerprint density at radius 3 is 2.97 bits per heavy atom. The number of nitrogens with one attached hydrogen (secondary N) is 2. The minimum atomic E-state index is -0.960. The van der Waals surface area contributed by atoms with Crippen LogP contribution in [0.1, 0.15) is 42.9 Å². The van der Waals surface area contributed by atoms with Crippen molar-refractivity contribution in [2.75, 3.05) is 39.3 Å². The first-order valence-corrected chi connectivity index (χ1v) is 11.1. The third-order valence-corrected chi connectivity index (χ3v) is 5.96. The molecule has 0 spiro atoms. The Hall–Kier alpha value is -3.30. The molecule has 10 nitrogen and oxygen atoms in total. The SMILES string of the molecule is O=C(O)C[C@H](c1ccc2c(c1)OCC2)N1CCN(CCCC(=O)NC2=NCCCN2)C1=O. The lowest BCUT2D eigenvalue weighted by atomic mass is 10.00. The molecule has 1 atom stereocenters. The number of carbonyl (C=O) groups excluding carboxylic acids is 2. The molecule has 1 aromatic rings. The molecule has 3 heterocycles. The number of amides is 3. The maximum absolute atomic E-state index is 13.0. The highest BCUT2D eigenvalue weighted by molar-refractivity contribution is 5.97. The molecule has 32 heavy (non-hydrogen) atoms. The molecule has 3 N–H and O–H groups in total. The summed E-state index contributed by atoms with van der Waals surface area (Å²) in [4.78, 5) is 44.2. The number of fused-ring (bicyclic) bond motifs is 1. The fourth-order valence-corrected chi connectivity index (χ4v) is 4.30. The molecular weight excluding hydrogens is 414 g/mol. The van der Waals surface area contributed by atoms with Gasteiger partial charge >= 0.3 is 12.0 Å². The molecule has 1 fully saturated rings. The quantitative estimate of drug-likeness (QED) is 0.553. The number of rotatable bonds is 8. The number of carboxylic acids is 1. The van der Waals surface area contributed by atoms with Crippen LogP contribution in [0.2, 0.25) is 0 Å². The average Bonchev–Trinajstić information content (AvgIpc) is 3.39. The molecular formula is C22H29N5O5. The fraction of sp³-hybridized carbons (Fsp3) is 0.545. The number of ether oxygens (including phenoxy) is 1. The van der Waals surface area contributed by atoms with Crippen molar-refractivity contribution in [1.82, 2.24) is 20.4 Å². The number of urea groups is 1. The highest BCUT2D eigenvalue weighted by Crippen LogP contribution is 2.34. The van der Waals surface area contributed by atoms with Gasteiger partial charge < -0.3 is 25.0 Å². The van der Waals surface area contributed by atoms with Gasteiger partial charge in [-0.15, -0.1) is 0 Å². The Bertz CT molecular complexity index is 918. The molecule has 0 aliphatic carbocycles. The summed E-state index contributed by atoms with van der Waals surface area (Å²) in [6.45, 7) is 3.51. The van der Waals surface area contributed by atoms with Crippen LogP contribution in [0.5, 0.6) is 5.75 Å². The molecule has 4 rings (SSSR count). The van der Waals surface area contributed by atoms with Crippen molar-refractivity contribution in [1.29, 1.82) is 0 Å². The smallest absolute Gasteiger partial charge is 0.320 e. The Morgan fingerprint density at radius 1 is 1.31 bits per heavy atom. The van der Waals surface area contributed by atoms with Crippen LogP contribution in [-0.4, -0.2) is 78.1 Å². The second-order valence-corrected chi connectivity index (χ2v) is 8.20. The van der Waals surface area contributed by atoms with Crippen LogP contribution in [-0.2, 0) is 16.0 Å². The Kier molecular flexibility index (Phi) is 6.77. The van der Waals surface area contributed by atoms with Crippen molar-refractivity contribution in [2.24, 2.45) is 4.99 Å². The van der Waals surface area contributed by atoms with Crippen molar-refractivity contribution in [3.8, 4) is 5.75 Å². The van der Waals surface area contributed by atoms with Gasteiger partial charge in [0.1, 0.15) is 5.75 Å².